The largest absolute Gasteiger partial charge is 0.416 e. The number of hydrogen-bond donors (Lipinski definition) is 1. The molecule has 1 fully saturated rings. The first kappa shape index (κ1) is 30.5. The highest BCUT2D eigenvalue weighted by Gasteiger charge is 2.32. The van der Waals surface area contributed by atoms with Crippen LogP contribution in [0.4, 0.5) is 23.2 Å². The Hall–Kier alpha value is -4.51. The Kier molecular flexibility index (Phi) is 7.76. The van der Waals surface area contributed by atoms with Crippen molar-refractivity contribution in [3.8, 4) is 11.4 Å². The first-order valence-corrected chi connectivity index (χ1v) is 14.7. The fourth-order valence-electron chi connectivity index (χ4n) is 6.02. The van der Waals surface area contributed by atoms with Crippen molar-refractivity contribution < 1.29 is 22.1 Å². The van der Waals surface area contributed by atoms with Crippen molar-refractivity contribution in [3.05, 3.63) is 112 Å². The second kappa shape index (κ2) is 11.4. The van der Waals surface area contributed by atoms with E-state index >= 15 is 4.39 Å². The summed E-state index contributed by atoms with van der Waals surface area (Å²) in [5.74, 6) is -0.213. The lowest BCUT2D eigenvalue weighted by molar-refractivity contribution is -0.137. The summed E-state index contributed by atoms with van der Waals surface area (Å²) in [5, 5.41) is 7.66. The Morgan fingerprint density at radius 3 is 2.27 bits per heavy atom. The van der Waals surface area contributed by atoms with Crippen LogP contribution in [0, 0.1) is 5.82 Å². The highest BCUT2D eigenvalue weighted by molar-refractivity contribution is 5.86. The summed E-state index contributed by atoms with van der Waals surface area (Å²) in [4.78, 5) is 20.4. The van der Waals surface area contributed by atoms with Crippen molar-refractivity contribution in [2.75, 3.05) is 18.0 Å². The quantitative estimate of drug-likeness (QED) is 0.212. The van der Waals surface area contributed by atoms with Gasteiger partial charge in [-0.05, 0) is 63.1 Å². The summed E-state index contributed by atoms with van der Waals surface area (Å²) in [7, 11) is 0. The van der Waals surface area contributed by atoms with E-state index in [1.165, 1.54) is 18.2 Å². The molecule has 45 heavy (non-hydrogen) atoms. The van der Waals surface area contributed by atoms with Crippen molar-refractivity contribution in [2.24, 2.45) is 0 Å². The van der Waals surface area contributed by atoms with E-state index < -0.39 is 28.4 Å². The van der Waals surface area contributed by atoms with Gasteiger partial charge in [-0.15, -0.1) is 0 Å². The Morgan fingerprint density at radius 2 is 1.62 bits per heavy atom. The molecule has 234 valence electrons. The Morgan fingerprint density at radius 1 is 0.956 bits per heavy atom. The van der Waals surface area contributed by atoms with E-state index in [4.69, 9.17) is 4.52 Å². The number of rotatable bonds is 6. The third kappa shape index (κ3) is 5.96. The molecule has 0 radical (unpaired) electrons. The Labute approximate surface area is 257 Å². The van der Waals surface area contributed by atoms with Gasteiger partial charge in [0.1, 0.15) is 5.82 Å². The molecule has 2 aromatic heterocycles. The molecule has 3 heterocycles. The topological polar surface area (TPSA) is 76.2 Å². The zero-order valence-corrected chi connectivity index (χ0v) is 25.3. The number of piperazine rings is 1. The fourth-order valence-corrected chi connectivity index (χ4v) is 6.02. The Balaban J connectivity index is 1.48. The molecule has 1 N–H and O–H groups in total. The van der Waals surface area contributed by atoms with Gasteiger partial charge in [-0.3, -0.25) is 4.79 Å². The number of alkyl halides is 3. The molecule has 5 aromatic rings. The van der Waals surface area contributed by atoms with Crippen LogP contribution in [0.1, 0.15) is 50.3 Å². The van der Waals surface area contributed by atoms with E-state index in [9.17, 15) is 18.0 Å². The van der Waals surface area contributed by atoms with Gasteiger partial charge in [0.25, 0.3) is 0 Å². The SMILES string of the molecule is C[C@@H]1CN(c2cc3c(cc2F)c(=O)c(-c2noc(C(C)(C)c4ccccc4)n2)cn3Cc2ccc(C(F)(F)F)cc2)C[C@H](C)N1. The average molecular weight is 620 g/mol. The zero-order chi connectivity index (χ0) is 32.1. The fraction of sp³-hybridized carbons (Fsp3) is 0.324. The van der Waals surface area contributed by atoms with E-state index in [0.717, 1.165) is 17.7 Å². The number of nitrogens with one attached hydrogen (secondary N) is 1. The summed E-state index contributed by atoms with van der Waals surface area (Å²) < 4.78 is 62.9. The number of fused-ring (bicyclic) bond motifs is 1. The molecule has 0 unspecified atom stereocenters. The lowest BCUT2D eigenvalue weighted by Crippen LogP contribution is -2.54. The molecule has 0 bridgehead atoms. The molecule has 7 nitrogen and oxygen atoms in total. The highest BCUT2D eigenvalue weighted by Crippen LogP contribution is 2.33. The third-order valence-electron chi connectivity index (χ3n) is 8.38. The van der Waals surface area contributed by atoms with Crippen LogP contribution in [-0.4, -0.2) is 39.9 Å². The van der Waals surface area contributed by atoms with Gasteiger partial charge in [-0.25, -0.2) is 4.39 Å². The van der Waals surface area contributed by atoms with Crippen molar-refractivity contribution in [2.45, 2.75) is 57.9 Å². The van der Waals surface area contributed by atoms with Crippen LogP contribution in [0.15, 0.2) is 82.2 Å². The summed E-state index contributed by atoms with van der Waals surface area (Å²) >= 11 is 0. The summed E-state index contributed by atoms with van der Waals surface area (Å²) in [5.41, 5.74) is 0.466. The molecule has 0 amide bonds. The van der Waals surface area contributed by atoms with Gasteiger partial charge in [-0.1, -0.05) is 47.6 Å². The molecule has 6 rings (SSSR count). The van der Waals surface area contributed by atoms with Crippen molar-refractivity contribution in [3.63, 3.8) is 0 Å². The molecule has 11 heteroatoms. The summed E-state index contributed by atoms with van der Waals surface area (Å²) in [6.45, 7) is 9.14. The van der Waals surface area contributed by atoms with E-state index in [1.807, 2.05) is 62.9 Å². The maximum Gasteiger partial charge on any atom is 0.416 e. The summed E-state index contributed by atoms with van der Waals surface area (Å²) in [6, 6.07) is 17.5. The second-order valence-electron chi connectivity index (χ2n) is 12.3. The van der Waals surface area contributed by atoms with Crippen LogP contribution in [-0.2, 0) is 18.1 Å². The molecule has 0 aliphatic carbocycles. The van der Waals surface area contributed by atoms with Gasteiger partial charge >= 0.3 is 6.18 Å². The predicted octanol–water partition coefficient (Wildman–Crippen LogP) is 6.77. The van der Waals surface area contributed by atoms with Crippen molar-refractivity contribution in [1.82, 2.24) is 20.0 Å². The predicted molar refractivity (Wildman–Crippen MR) is 165 cm³/mol. The Bertz CT molecular complexity index is 1890. The van der Waals surface area contributed by atoms with Gasteiger partial charge in [-0.2, -0.15) is 18.2 Å². The zero-order valence-electron chi connectivity index (χ0n) is 25.3. The molecule has 1 aliphatic rings. The van der Waals surface area contributed by atoms with Gasteiger partial charge < -0.3 is 19.3 Å². The van der Waals surface area contributed by atoms with E-state index in [2.05, 4.69) is 15.5 Å². The minimum Gasteiger partial charge on any atom is -0.366 e. The van der Waals surface area contributed by atoms with E-state index in [1.54, 1.807) is 16.8 Å². The molecule has 0 spiro atoms. The maximum atomic E-state index is 15.8. The van der Waals surface area contributed by atoms with Crippen molar-refractivity contribution in [1.29, 1.82) is 0 Å². The first-order valence-electron chi connectivity index (χ1n) is 14.7. The number of hydrogen-bond acceptors (Lipinski definition) is 6. The number of halogens is 4. The normalized spacial score (nSPS) is 17.6. The van der Waals surface area contributed by atoms with Crippen LogP contribution in [0.5, 0.6) is 0 Å². The molecular formula is C34H33F4N5O2. The highest BCUT2D eigenvalue weighted by atomic mass is 19.4. The number of aromatic nitrogens is 3. The first-order chi connectivity index (χ1) is 21.3. The molecule has 1 saturated heterocycles. The average Bonchev–Trinajstić information content (AvgIpc) is 3.49. The van der Waals surface area contributed by atoms with Crippen LogP contribution in [0.2, 0.25) is 0 Å². The lowest BCUT2D eigenvalue weighted by Gasteiger charge is -2.38. The van der Waals surface area contributed by atoms with Crippen LogP contribution < -0.4 is 15.6 Å². The standard InChI is InChI=1S/C34H33F4N5O2/c1-20-16-42(17-21(2)39-20)29-15-28-25(14-27(29)35)30(44)26(19-43(28)18-22-10-12-24(13-11-22)34(36,37)38)31-40-32(45-41-31)33(3,4)23-8-6-5-7-9-23/h5-15,19-21,39H,16-18H2,1-4H3/t20-,21+. The van der Waals surface area contributed by atoms with E-state index in [-0.39, 0.29) is 35.4 Å². The van der Waals surface area contributed by atoms with Gasteiger partial charge in [0.05, 0.1) is 27.7 Å². The van der Waals surface area contributed by atoms with Gasteiger partial charge in [0.2, 0.25) is 17.1 Å². The van der Waals surface area contributed by atoms with Crippen LogP contribution in [0.3, 0.4) is 0 Å². The van der Waals surface area contributed by atoms with Crippen LogP contribution in [0.25, 0.3) is 22.3 Å². The second-order valence-corrected chi connectivity index (χ2v) is 12.3. The van der Waals surface area contributed by atoms with E-state index in [0.29, 0.717) is 35.7 Å². The minimum absolute atomic E-state index is 0.0383. The van der Waals surface area contributed by atoms with Crippen molar-refractivity contribution >= 4 is 16.6 Å². The molecule has 2 atom stereocenters. The molecular weight excluding hydrogens is 586 g/mol. The number of nitrogens with zero attached hydrogens (tertiary/aromatic N) is 4. The molecule has 0 saturated carbocycles. The monoisotopic (exact) mass is 619 g/mol. The minimum atomic E-state index is -4.47. The smallest absolute Gasteiger partial charge is 0.366 e. The maximum absolute atomic E-state index is 15.8. The summed E-state index contributed by atoms with van der Waals surface area (Å²) in [6.07, 6.45) is -2.90. The molecule has 1 aliphatic heterocycles. The number of anilines is 1. The van der Waals surface area contributed by atoms with Crippen LogP contribution >= 0.6 is 0 Å². The molecule has 3 aromatic carbocycles. The number of pyridine rings is 1. The van der Waals surface area contributed by atoms with Gasteiger partial charge in [0, 0.05) is 43.3 Å². The van der Waals surface area contributed by atoms with Gasteiger partial charge in [0.15, 0.2) is 0 Å². The lowest BCUT2D eigenvalue weighted by atomic mass is 9.84. The third-order valence-corrected chi connectivity index (χ3v) is 8.38. The number of benzene rings is 3.